The third-order valence-electron chi connectivity index (χ3n) is 4.60. The highest BCUT2D eigenvalue weighted by Crippen LogP contribution is 2.28. The van der Waals surface area contributed by atoms with Gasteiger partial charge in [-0.15, -0.1) is 0 Å². The normalized spacial score (nSPS) is 24.4. The molecule has 0 heterocycles. The molecule has 1 rings (SSSR count). The highest BCUT2D eigenvalue weighted by Gasteiger charge is 2.15. The lowest BCUT2D eigenvalue weighted by atomic mass is 9.83. The van der Waals surface area contributed by atoms with Crippen LogP contribution in [0.3, 0.4) is 0 Å². The first kappa shape index (κ1) is 14.1. The molecule has 0 aromatic carbocycles. The van der Waals surface area contributed by atoms with Crippen LogP contribution in [0.1, 0.15) is 90.9 Å². The summed E-state index contributed by atoms with van der Waals surface area (Å²) in [6, 6.07) is 0. The van der Waals surface area contributed by atoms with Crippen molar-refractivity contribution in [2.45, 2.75) is 90.9 Å². The van der Waals surface area contributed by atoms with Gasteiger partial charge in [0.25, 0.3) is 0 Å². The molecule has 0 radical (unpaired) electrons. The van der Waals surface area contributed by atoms with Crippen LogP contribution in [0.4, 0.5) is 0 Å². The zero-order valence-corrected chi connectivity index (χ0v) is 11.6. The third kappa shape index (κ3) is 5.92. The predicted octanol–water partition coefficient (Wildman–Crippen LogP) is 5.95. The molecular formula is C16H32. The Hall–Kier alpha value is 0. The first-order valence-corrected chi connectivity index (χ1v) is 7.84. The van der Waals surface area contributed by atoms with Crippen molar-refractivity contribution in [2.75, 3.05) is 0 Å². The summed E-state index contributed by atoms with van der Waals surface area (Å²) >= 11 is 0. The van der Waals surface area contributed by atoms with Gasteiger partial charge in [-0.05, 0) is 11.8 Å². The Kier molecular flexibility index (Phi) is 7.98. The summed E-state index contributed by atoms with van der Waals surface area (Å²) in [5.41, 5.74) is 0. The minimum absolute atomic E-state index is 0.961. The molecule has 0 N–H and O–H groups in total. The van der Waals surface area contributed by atoms with Gasteiger partial charge >= 0.3 is 0 Å². The Morgan fingerprint density at radius 2 is 1.12 bits per heavy atom. The van der Waals surface area contributed by atoms with Crippen LogP contribution in [0.5, 0.6) is 0 Å². The van der Waals surface area contributed by atoms with Gasteiger partial charge in [-0.1, -0.05) is 90.9 Å². The summed E-state index contributed by atoms with van der Waals surface area (Å²) < 4.78 is 0. The molecule has 1 aliphatic carbocycles. The van der Waals surface area contributed by atoms with E-state index in [1.54, 1.807) is 0 Å². The molecule has 0 aromatic heterocycles. The van der Waals surface area contributed by atoms with E-state index >= 15 is 0 Å². The Balaban J connectivity index is 2.30. The van der Waals surface area contributed by atoms with E-state index in [2.05, 4.69) is 13.8 Å². The van der Waals surface area contributed by atoms with Crippen molar-refractivity contribution in [3.63, 3.8) is 0 Å². The van der Waals surface area contributed by atoms with Crippen LogP contribution in [0, 0.1) is 11.8 Å². The van der Waals surface area contributed by atoms with Crippen molar-refractivity contribution in [2.24, 2.45) is 11.8 Å². The maximum Gasteiger partial charge on any atom is -0.0389 e. The lowest BCUT2D eigenvalue weighted by molar-refractivity contribution is 0.286. The second-order valence-electron chi connectivity index (χ2n) is 5.90. The van der Waals surface area contributed by atoms with Crippen molar-refractivity contribution >= 4 is 0 Å². The molecule has 0 nitrogen and oxygen atoms in total. The van der Waals surface area contributed by atoms with E-state index in [0.29, 0.717) is 0 Å². The van der Waals surface area contributed by atoms with E-state index in [1.807, 2.05) is 0 Å². The Morgan fingerprint density at radius 1 is 0.750 bits per heavy atom. The quantitative estimate of drug-likeness (QED) is 0.543. The van der Waals surface area contributed by atoms with Crippen LogP contribution in [0.2, 0.25) is 0 Å². The van der Waals surface area contributed by atoms with Crippen molar-refractivity contribution in [1.82, 2.24) is 0 Å². The summed E-state index contributed by atoms with van der Waals surface area (Å²) in [6.45, 7) is 4.83. The van der Waals surface area contributed by atoms with E-state index in [-0.39, 0.29) is 0 Å². The third-order valence-corrected chi connectivity index (χ3v) is 4.60. The molecule has 1 saturated carbocycles. The number of hydrogen-bond acceptors (Lipinski definition) is 0. The fourth-order valence-corrected chi connectivity index (χ4v) is 3.10. The van der Waals surface area contributed by atoms with Gasteiger partial charge in [-0.25, -0.2) is 0 Å². The number of rotatable bonds is 2. The molecule has 1 fully saturated rings. The van der Waals surface area contributed by atoms with Crippen molar-refractivity contribution in [3.8, 4) is 0 Å². The van der Waals surface area contributed by atoms with E-state index in [9.17, 15) is 0 Å². The van der Waals surface area contributed by atoms with Gasteiger partial charge in [-0.2, -0.15) is 0 Å². The second kappa shape index (κ2) is 9.07. The van der Waals surface area contributed by atoms with Crippen molar-refractivity contribution in [1.29, 1.82) is 0 Å². The standard InChI is InChI=1S/C16H32/c1-3-15(2)16-13-11-9-7-5-4-6-8-10-12-14-16/h15-16H,3-14H2,1-2H3. The predicted molar refractivity (Wildman–Crippen MR) is 73.7 cm³/mol. The lowest BCUT2D eigenvalue weighted by Crippen LogP contribution is -2.11. The van der Waals surface area contributed by atoms with Crippen LogP contribution in [0.25, 0.3) is 0 Å². The fourth-order valence-electron chi connectivity index (χ4n) is 3.10. The minimum Gasteiger partial charge on any atom is -0.0651 e. The summed E-state index contributed by atoms with van der Waals surface area (Å²) in [5, 5.41) is 0. The van der Waals surface area contributed by atoms with Crippen molar-refractivity contribution < 1.29 is 0 Å². The van der Waals surface area contributed by atoms with E-state index in [4.69, 9.17) is 0 Å². The van der Waals surface area contributed by atoms with Crippen LogP contribution in [0.15, 0.2) is 0 Å². The average Bonchev–Trinajstić information content (AvgIpc) is 2.29. The Bertz CT molecular complexity index is 138. The highest BCUT2D eigenvalue weighted by molar-refractivity contribution is 4.67. The molecule has 1 unspecified atom stereocenters. The molecule has 1 atom stereocenters. The smallest absolute Gasteiger partial charge is 0.0389 e. The maximum absolute atomic E-state index is 2.47. The molecule has 0 amide bonds. The van der Waals surface area contributed by atoms with Gasteiger partial charge < -0.3 is 0 Å². The highest BCUT2D eigenvalue weighted by atomic mass is 14.2. The van der Waals surface area contributed by atoms with Gasteiger partial charge in [0.1, 0.15) is 0 Å². The largest absolute Gasteiger partial charge is 0.0651 e. The fraction of sp³-hybridized carbons (Fsp3) is 1.00. The van der Waals surface area contributed by atoms with E-state index in [1.165, 1.54) is 77.0 Å². The molecule has 16 heavy (non-hydrogen) atoms. The average molecular weight is 224 g/mol. The molecule has 0 aromatic rings. The van der Waals surface area contributed by atoms with E-state index in [0.717, 1.165) is 11.8 Å². The molecule has 96 valence electrons. The van der Waals surface area contributed by atoms with Crippen molar-refractivity contribution in [3.05, 3.63) is 0 Å². The van der Waals surface area contributed by atoms with Crippen LogP contribution >= 0.6 is 0 Å². The monoisotopic (exact) mass is 224 g/mol. The lowest BCUT2D eigenvalue weighted by Gasteiger charge is -2.23. The Labute approximate surface area is 103 Å². The van der Waals surface area contributed by atoms with Gasteiger partial charge in [0, 0.05) is 0 Å². The molecule has 0 bridgehead atoms. The van der Waals surface area contributed by atoms with Crippen LogP contribution in [-0.2, 0) is 0 Å². The zero-order chi connectivity index (χ0) is 11.6. The molecule has 0 saturated heterocycles. The van der Waals surface area contributed by atoms with Gasteiger partial charge in [0.15, 0.2) is 0 Å². The first-order chi connectivity index (χ1) is 7.84. The van der Waals surface area contributed by atoms with Crippen LogP contribution < -0.4 is 0 Å². The zero-order valence-electron chi connectivity index (χ0n) is 11.6. The SMILES string of the molecule is CCC(C)C1CCCCCCCCCCC1. The summed E-state index contributed by atoms with van der Waals surface area (Å²) in [4.78, 5) is 0. The van der Waals surface area contributed by atoms with E-state index < -0.39 is 0 Å². The van der Waals surface area contributed by atoms with Crippen LogP contribution in [-0.4, -0.2) is 0 Å². The molecular weight excluding hydrogens is 192 g/mol. The maximum atomic E-state index is 2.47. The molecule has 0 spiro atoms. The molecule has 0 heteroatoms. The van der Waals surface area contributed by atoms with Gasteiger partial charge in [-0.3, -0.25) is 0 Å². The summed E-state index contributed by atoms with van der Waals surface area (Å²) in [7, 11) is 0. The summed E-state index contributed by atoms with van der Waals surface area (Å²) in [5.74, 6) is 1.99. The number of hydrogen-bond donors (Lipinski definition) is 0. The molecule has 0 aliphatic heterocycles. The van der Waals surface area contributed by atoms with Gasteiger partial charge in [0.2, 0.25) is 0 Å². The first-order valence-electron chi connectivity index (χ1n) is 7.84. The topological polar surface area (TPSA) is 0 Å². The summed E-state index contributed by atoms with van der Waals surface area (Å²) in [6.07, 6.45) is 17.8. The second-order valence-corrected chi connectivity index (χ2v) is 5.90. The minimum atomic E-state index is 0.961. The van der Waals surface area contributed by atoms with Gasteiger partial charge in [0.05, 0.1) is 0 Å². The molecule has 1 aliphatic rings. The Morgan fingerprint density at radius 3 is 1.50 bits per heavy atom.